The van der Waals surface area contributed by atoms with Gasteiger partial charge in [-0.25, -0.2) is 0 Å². The highest BCUT2D eigenvalue weighted by Gasteiger charge is 2.41. The van der Waals surface area contributed by atoms with Crippen molar-refractivity contribution in [1.29, 1.82) is 0 Å². The first-order valence-electron chi connectivity index (χ1n) is 6.40. The highest BCUT2D eigenvalue weighted by molar-refractivity contribution is 6.31. The Morgan fingerprint density at radius 1 is 1.33 bits per heavy atom. The van der Waals surface area contributed by atoms with Gasteiger partial charge in [-0.05, 0) is 45.5 Å². The minimum absolute atomic E-state index is 0.306. The smallest absolute Gasteiger partial charge is 0.144 e. The lowest BCUT2D eigenvalue weighted by Crippen LogP contribution is -2.44. The molecular weight excluding hydrogens is 246 g/mol. The van der Waals surface area contributed by atoms with E-state index in [0.29, 0.717) is 23.3 Å². The van der Waals surface area contributed by atoms with E-state index in [1.165, 1.54) is 0 Å². The van der Waals surface area contributed by atoms with Gasteiger partial charge < -0.3 is 4.90 Å². The first-order valence-corrected chi connectivity index (χ1v) is 6.77. The Bertz CT molecular complexity index is 458. The van der Waals surface area contributed by atoms with E-state index in [2.05, 4.69) is 4.90 Å². The van der Waals surface area contributed by atoms with Crippen molar-refractivity contribution in [3.63, 3.8) is 0 Å². The Morgan fingerprint density at radius 3 is 2.56 bits per heavy atom. The predicted molar refractivity (Wildman–Crippen MR) is 75.1 cm³/mol. The number of hydrogen-bond acceptors (Lipinski definition) is 2. The van der Waals surface area contributed by atoms with Gasteiger partial charge in [0.25, 0.3) is 0 Å². The molecule has 1 fully saturated rings. The third kappa shape index (κ3) is 2.32. The second-order valence-corrected chi connectivity index (χ2v) is 6.00. The molecule has 0 spiro atoms. The maximum absolute atomic E-state index is 12.5. The molecule has 1 aliphatic carbocycles. The first-order chi connectivity index (χ1) is 8.45. The average molecular weight is 266 g/mol. The fourth-order valence-electron chi connectivity index (χ4n) is 2.77. The van der Waals surface area contributed by atoms with Crippen LogP contribution in [0.1, 0.15) is 31.7 Å². The lowest BCUT2D eigenvalue weighted by atomic mass is 9.68. The normalized spacial score (nSPS) is 28.7. The van der Waals surface area contributed by atoms with Crippen molar-refractivity contribution >= 4 is 17.4 Å². The zero-order valence-corrected chi connectivity index (χ0v) is 12.0. The number of ketones is 1. The summed E-state index contributed by atoms with van der Waals surface area (Å²) in [7, 11) is 4.08. The molecule has 0 radical (unpaired) electrons. The van der Waals surface area contributed by atoms with E-state index in [-0.39, 0.29) is 0 Å². The highest BCUT2D eigenvalue weighted by atomic mass is 35.5. The van der Waals surface area contributed by atoms with Crippen molar-refractivity contribution in [3.8, 4) is 0 Å². The van der Waals surface area contributed by atoms with Gasteiger partial charge in [-0.2, -0.15) is 0 Å². The fourth-order valence-corrected chi connectivity index (χ4v) is 3.11. The van der Waals surface area contributed by atoms with Crippen LogP contribution in [0.15, 0.2) is 24.3 Å². The number of benzene rings is 1. The molecule has 1 saturated carbocycles. The minimum atomic E-state index is -0.412. The summed E-state index contributed by atoms with van der Waals surface area (Å²) >= 11 is 6.25. The van der Waals surface area contributed by atoms with E-state index in [9.17, 15) is 4.79 Å². The Morgan fingerprint density at radius 2 is 2.00 bits per heavy atom. The van der Waals surface area contributed by atoms with E-state index >= 15 is 0 Å². The molecule has 18 heavy (non-hydrogen) atoms. The van der Waals surface area contributed by atoms with Gasteiger partial charge in [0.1, 0.15) is 5.78 Å². The molecule has 0 bridgehead atoms. The molecule has 0 saturated heterocycles. The van der Waals surface area contributed by atoms with E-state index in [0.717, 1.165) is 18.4 Å². The van der Waals surface area contributed by atoms with Gasteiger partial charge in [0.2, 0.25) is 0 Å². The molecule has 0 N–H and O–H groups in total. The molecule has 0 aromatic heterocycles. The van der Waals surface area contributed by atoms with Crippen LogP contribution in [0.25, 0.3) is 0 Å². The highest BCUT2D eigenvalue weighted by Crippen LogP contribution is 2.40. The zero-order chi connectivity index (χ0) is 13.3. The molecule has 2 rings (SSSR count). The van der Waals surface area contributed by atoms with Crippen LogP contribution in [-0.4, -0.2) is 30.8 Å². The maximum Gasteiger partial charge on any atom is 0.144 e. The fraction of sp³-hybridized carbons (Fsp3) is 0.533. The van der Waals surface area contributed by atoms with Crippen molar-refractivity contribution in [1.82, 2.24) is 4.90 Å². The summed E-state index contributed by atoms with van der Waals surface area (Å²) in [5.41, 5.74) is 0.569. The van der Waals surface area contributed by atoms with E-state index in [1.807, 2.05) is 45.3 Å². The van der Waals surface area contributed by atoms with Crippen molar-refractivity contribution in [3.05, 3.63) is 34.9 Å². The molecule has 1 aliphatic rings. The number of nitrogens with zero attached hydrogens (tertiary/aromatic N) is 1. The Labute approximate surface area is 114 Å². The van der Waals surface area contributed by atoms with Gasteiger partial charge >= 0.3 is 0 Å². The van der Waals surface area contributed by atoms with Crippen LogP contribution < -0.4 is 0 Å². The summed E-state index contributed by atoms with van der Waals surface area (Å²) in [6, 6.07) is 8.08. The minimum Gasteiger partial charge on any atom is -0.306 e. The topological polar surface area (TPSA) is 20.3 Å². The molecule has 2 nitrogen and oxygen atoms in total. The van der Waals surface area contributed by atoms with Crippen molar-refractivity contribution in [2.75, 3.05) is 14.1 Å². The largest absolute Gasteiger partial charge is 0.306 e. The molecular formula is C15H20ClNO. The maximum atomic E-state index is 12.5. The van der Waals surface area contributed by atoms with Crippen LogP contribution in [0.4, 0.5) is 0 Å². The second kappa shape index (κ2) is 5.02. The number of hydrogen-bond donors (Lipinski definition) is 0. The number of Topliss-reactive ketones (excluding diaryl/α,β-unsaturated/α-hetero) is 1. The third-order valence-corrected chi connectivity index (χ3v) is 4.54. The number of carbonyl (C=O) groups is 1. The molecule has 98 valence electrons. The Hall–Kier alpha value is -0.860. The summed E-state index contributed by atoms with van der Waals surface area (Å²) in [6.07, 6.45) is 2.54. The lowest BCUT2D eigenvalue weighted by Gasteiger charge is -2.39. The van der Waals surface area contributed by atoms with Gasteiger partial charge in [-0.1, -0.05) is 29.8 Å². The van der Waals surface area contributed by atoms with Gasteiger partial charge in [0.05, 0.1) is 5.41 Å². The number of rotatable bonds is 2. The number of halogens is 1. The lowest BCUT2D eigenvalue weighted by molar-refractivity contribution is -0.127. The molecule has 0 amide bonds. The van der Waals surface area contributed by atoms with Crippen molar-refractivity contribution in [2.45, 2.75) is 37.6 Å². The SMILES string of the molecule is CN(C)C1CCC(C)(c2ccccc2Cl)C(=O)C1. The van der Waals surface area contributed by atoms with Crippen molar-refractivity contribution < 1.29 is 4.79 Å². The van der Waals surface area contributed by atoms with Crippen LogP contribution in [0.5, 0.6) is 0 Å². The molecule has 2 unspecified atom stereocenters. The van der Waals surface area contributed by atoms with E-state index < -0.39 is 5.41 Å². The summed E-state index contributed by atoms with van der Waals surface area (Å²) in [5.74, 6) is 0.306. The molecule has 1 aromatic carbocycles. The van der Waals surface area contributed by atoms with Gasteiger partial charge in [-0.15, -0.1) is 0 Å². The Kier molecular flexibility index (Phi) is 3.79. The molecule has 0 heterocycles. The van der Waals surface area contributed by atoms with Crippen LogP contribution in [0.3, 0.4) is 0 Å². The number of carbonyl (C=O) groups excluding carboxylic acids is 1. The summed E-state index contributed by atoms with van der Waals surface area (Å²) in [4.78, 5) is 14.6. The molecule has 2 atom stereocenters. The Balaban J connectivity index is 2.29. The third-order valence-electron chi connectivity index (χ3n) is 4.21. The van der Waals surface area contributed by atoms with Crippen LogP contribution in [-0.2, 0) is 10.2 Å². The van der Waals surface area contributed by atoms with Crippen LogP contribution >= 0.6 is 11.6 Å². The van der Waals surface area contributed by atoms with E-state index in [4.69, 9.17) is 11.6 Å². The van der Waals surface area contributed by atoms with Crippen LogP contribution in [0.2, 0.25) is 5.02 Å². The monoisotopic (exact) mass is 265 g/mol. The second-order valence-electron chi connectivity index (χ2n) is 5.60. The summed E-state index contributed by atoms with van der Waals surface area (Å²) in [6.45, 7) is 2.03. The standard InChI is InChI=1S/C15H20ClNO/c1-15(12-6-4-5-7-13(12)16)9-8-11(17(2)3)10-14(15)18/h4-7,11H,8-10H2,1-3H3. The van der Waals surface area contributed by atoms with Crippen molar-refractivity contribution in [2.24, 2.45) is 0 Å². The quantitative estimate of drug-likeness (QED) is 0.818. The zero-order valence-electron chi connectivity index (χ0n) is 11.2. The van der Waals surface area contributed by atoms with Gasteiger partial charge in [0.15, 0.2) is 0 Å². The van der Waals surface area contributed by atoms with Gasteiger partial charge in [0, 0.05) is 17.5 Å². The molecule has 3 heteroatoms. The average Bonchev–Trinajstić information content (AvgIpc) is 2.33. The van der Waals surface area contributed by atoms with E-state index in [1.54, 1.807) is 0 Å². The summed E-state index contributed by atoms with van der Waals surface area (Å²) < 4.78 is 0. The molecule has 0 aliphatic heterocycles. The predicted octanol–water partition coefficient (Wildman–Crippen LogP) is 3.28. The summed E-state index contributed by atoms with van der Waals surface area (Å²) in [5, 5.41) is 0.705. The first kappa shape index (κ1) is 13.6. The van der Waals surface area contributed by atoms with Gasteiger partial charge in [-0.3, -0.25) is 4.79 Å². The van der Waals surface area contributed by atoms with Crippen LogP contribution in [0, 0.1) is 0 Å². The molecule has 1 aromatic rings.